The number of ether oxygens (including phenoxy) is 2. The highest BCUT2D eigenvalue weighted by atomic mass is 35.5. The van der Waals surface area contributed by atoms with Gasteiger partial charge < -0.3 is 9.47 Å². The highest BCUT2D eigenvalue weighted by molar-refractivity contribution is 7.99. The molecule has 0 saturated heterocycles. The van der Waals surface area contributed by atoms with Gasteiger partial charge in [-0.3, -0.25) is 0 Å². The van der Waals surface area contributed by atoms with Crippen LogP contribution in [0.5, 0.6) is 17.2 Å². The van der Waals surface area contributed by atoms with Gasteiger partial charge in [0.25, 0.3) is 0 Å². The molecule has 20 heavy (non-hydrogen) atoms. The van der Waals surface area contributed by atoms with E-state index in [1.54, 1.807) is 18.2 Å². The summed E-state index contributed by atoms with van der Waals surface area (Å²) < 4.78 is 11.0. The average Bonchev–Trinajstić information content (AvgIpc) is 2.39. The molecule has 104 valence electrons. The van der Waals surface area contributed by atoms with E-state index < -0.39 is 0 Å². The molecule has 0 radical (unpaired) electrons. The first-order valence-corrected chi connectivity index (χ1v) is 7.75. The Kier molecular flexibility index (Phi) is 3.91. The lowest BCUT2D eigenvalue weighted by Crippen LogP contribution is -1.98. The Bertz CT molecular complexity index is 718. The van der Waals surface area contributed by atoms with E-state index in [1.165, 1.54) is 18.9 Å². The SMILES string of the molecule is COc1c(Cl)cc2c(c1Cl)Sc1cc(Cl)c(Cl)cc1O2. The minimum atomic E-state index is 0.389. The lowest BCUT2D eigenvalue weighted by molar-refractivity contribution is 0.409. The molecule has 3 rings (SSSR count). The van der Waals surface area contributed by atoms with Crippen LogP contribution in [0.4, 0.5) is 0 Å². The number of hydrogen-bond donors (Lipinski definition) is 0. The van der Waals surface area contributed by atoms with E-state index in [4.69, 9.17) is 55.9 Å². The molecule has 0 amide bonds. The van der Waals surface area contributed by atoms with Gasteiger partial charge in [0.2, 0.25) is 0 Å². The minimum Gasteiger partial charge on any atom is -0.494 e. The van der Waals surface area contributed by atoms with Crippen LogP contribution in [0.3, 0.4) is 0 Å². The first-order chi connectivity index (χ1) is 9.51. The van der Waals surface area contributed by atoms with Crippen LogP contribution in [-0.2, 0) is 0 Å². The van der Waals surface area contributed by atoms with Crippen molar-refractivity contribution < 1.29 is 9.47 Å². The lowest BCUT2D eigenvalue weighted by atomic mass is 10.3. The smallest absolute Gasteiger partial charge is 0.157 e. The van der Waals surface area contributed by atoms with Gasteiger partial charge in [0, 0.05) is 12.1 Å². The van der Waals surface area contributed by atoms with Crippen molar-refractivity contribution in [1.29, 1.82) is 0 Å². The molecule has 2 nitrogen and oxygen atoms in total. The molecule has 0 spiro atoms. The van der Waals surface area contributed by atoms with Crippen molar-refractivity contribution in [2.24, 2.45) is 0 Å². The first-order valence-electron chi connectivity index (χ1n) is 5.42. The number of fused-ring (bicyclic) bond motifs is 2. The topological polar surface area (TPSA) is 18.5 Å². The normalized spacial score (nSPS) is 12.4. The molecule has 0 bridgehead atoms. The second-order valence-electron chi connectivity index (χ2n) is 3.95. The molecule has 1 heterocycles. The zero-order chi connectivity index (χ0) is 14.4. The molecule has 0 N–H and O–H groups in total. The molecule has 0 unspecified atom stereocenters. The molecule has 2 aromatic rings. The number of halogens is 4. The maximum Gasteiger partial charge on any atom is 0.157 e. The standard InChI is InChI=1S/C13H6Cl4O2S/c1-18-12-7(16)3-9-13(11(12)17)20-10-4-6(15)5(14)2-8(10)19-9/h2-4H,1H3. The van der Waals surface area contributed by atoms with Crippen molar-refractivity contribution in [3.63, 3.8) is 0 Å². The Morgan fingerprint density at radius 1 is 0.950 bits per heavy atom. The van der Waals surface area contributed by atoms with Gasteiger partial charge in [-0.1, -0.05) is 58.2 Å². The molecular formula is C13H6Cl4O2S. The van der Waals surface area contributed by atoms with Gasteiger partial charge >= 0.3 is 0 Å². The van der Waals surface area contributed by atoms with Crippen LogP contribution in [0.1, 0.15) is 0 Å². The number of methoxy groups -OCH3 is 1. The Labute approximate surface area is 139 Å². The van der Waals surface area contributed by atoms with Crippen LogP contribution in [0.2, 0.25) is 20.1 Å². The molecule has 1 aliphatic heterocycles. The second kappa shape index (κ2) is 5.39. The highest BCUT2D eigenvalue weighted by Gasteiger charge is 2.25. The van der Waals surface area contributed by atoms with E-state index in [2.05, 4.69) is 0 Å². The van der Waals surface area contributed by atoms with Gasteiger partial charge in [0.15, 0.2) is 5.75 Å². The van der Waals surface area contributed by atoms with Gasteiger partial charge in [0.05, 0.1) is 32.0 Å². The van der Waals surface area contributed by atoms with Crippen molar-refractivity contribution in [2.45, 2.75) is 9.79 Å². The number of hydrogen-bond acceptors (Lipinski definition) is 3. The van der Waals surface area contributed by atoms with Crippen molar-refractivity contribution in [2.75, 3.05) is 7.11 Å². The largest absolute Gasteiger partial charge is 0.494 e. The molecule has 0 atom stereocenters. The van der Waals surface area contributed by atoms with Gasteiger partial charge in [-0.25, -0.2) is 0 Å². The van der Waals surface area contributed by atoms with E-state index >= 15 is 0 Å². The lowest BCUT2D eigenvalue weighted by Gasteiger charge is -2.22. The Hall–Kier alpha value is -0.450. The van der Waals surface area contributed by atoms with E-state index in [1.807, 2.05) is 0 Å². The zero-order valence-corrected chi connectivity index (χ0v) is 13.8. The van der Waals surface area contributed by atoms with Gasteiger partial charge in [-0.05, 0) is 6.07 Å². The second-order valence-corrected chi connectivity index (χ2v) is 6.60. The van der Waals surface area contributed by atoms with Gasteiger partial charge in [0.1, 0.15) is 16.5 Å². The average molecular weight is 368 g/mol. The summed E-state index contributed by atoms with van der Waals surface area (Å²) in [5.41, 5.74) is 0. The molecule has 0 fully saturated rings. The minimum absolute atomic E-state index is 0.389. The molecular weight excluding hydrogens is 362 g/mol. The van der Waals surface area contributed by atoms with Gasteiger partial charge in [-0.15, -0.1) is 0 Å². The summed E-state index contributed by atoms with van der Waals surface area (Å²) in [6.45, 7) is 0. The van der Waals surface area contributed by atoms with E-state index in [-0.39, 0.29) is 0 Å². The fraction of sp³-hybridized carbons (Fsp3) is 0.0769. The Balaban J connectivity index is 2.15. The fourth-order valence-electron chi connectivity index (χ4n) is 1.82. The summed E-state index contributed by atoms with van der Waals surface area (Å²) >= 11 is 25.8. The summed E-state index contributed by atoms with van der Waals surface area (Å²) in [5, 5.41) is 1.69. The zero-order valence-electron chi connectivity index (χ0n) is 9.97. The van der Waals surface area contributed by atoms with E-state index in [0.717, 1.165) is 9.79 Å². The quantitative estimate of drug-likeness (QED) is 0.484. The monoisotopic (exact) mass is 366 g/mol. The maximum atomic E-state index is 6.30. The summed E-state index contributed by atoms with van der Waals surface area (Å²) in [6.07, 6.45) is 0. The van der Waals surface area contributed by atoms with Crippen LogP contribution in [-0.4, -0.2) is 7.11 Å². The van der Waals surface area contributed by atoms with Crippen molar-refractivity contribution >= 4 is 58.2 Å². The van der Waals surface area contributed by atoms with Crippen LogP contribution in [0.25, 0.3) is 0 Å². The van der Waals surface area contributed by atoms with Crippen LogP contribution in [0, 0.1) is 0 Å². The molecule has 0 aliphatic carbocycles. The third-order valence-corrected chi connectivity index (χ3v) is 5.34. The van der Waals surface area contributed by atoms with Gasteiger partial charge in [-0.2, -0.15) is 0 Å². The summed E-state index contributed by atoms with van der Waals surface area (Å²) in [4.78, 5) is 1.57. The number of rotatable bonds is 1. The molecule has 0 saturated carbocycles. The predicted octanol–water partition coefficient (Wildman–Crippen LogP) is 6.57. The molecule has 0 aromatic heterocycles. The third-order valence-electron chi connectivity index (χ3n) is 2.72. The maximum absolute atomic E-state index is 6.30. The Morgan fingerprint density at radius 3 is 2.30 bits per heavy atom. The van der Waals surface area contributed by atoms with Crippen molar-refractivity contribution in [3.8, 4) is 17.2 Å². The van der Waals surface area contributed by atoms with Crippen LogP contribution >= 0.6 is 58.2 Å². The predicted molar refractivity (Wildman–Crippen MR) is 83.7 cm³/mol. The van der Waals surface area contributed by atoms with E-state index in [0.29, 0.717) is 37.3 Å². The summed E-state index contributed by atoms with van der Waals surface area (Å²) in [5.74, 6) is 1.61. The van der Waals surface area contributed by atoms with Crippen molar-refractivity contribution in [3.05, 3.63) is 38.3 Å². The third kappa shape index (κ3) is 2.32. The van der Waals surface area contributed by atoms with Crippen LogP contribution < -0.4 is 9.47 Å². The highest BCUT2D eigenvalue weighted by Crippen LogP contribution is 2.55. The van der Waals surface area contributed by atoms with E-state index in [9.17, 15) is 0 Å². The molecule has 7 heteroatoms. The first kappa shape index (κ1) is 14.5. The van der Waals surface area contributed by atoms with Crippen LogP contribution in [0.15, 0.2) is 28.0 Å². The molecule has 2 aromatic carbocycles. The fourth-order valence-corrected chi connectivity index (χ4v) is 3.89. The summed E-state index contributed by atoms with van der Waals surface area (Å²) in [7, 11) is 1.51. The Morgan fingerprint density at radius 2 is 1.60 bits per heavy atom. The molecule has 1 aliphatic rings. The van der Waals surface area contributed by atoms with Crippen molar-refractivity contribution in [1.82, 2.24) is 0 Å². The number of benzene rings is 2. The summed E-state index contributed by atoms with van der Waals surface area (Å²) in [6, 6.07) is 5.07.